The van der Waals surface area contributed by atoms with Crippen LogP contribution in [0.1, 0.15) is 84.0 Å². The van der Waals surface area contributed by atoms with E-state index in [1.54, 1.807) is 0 Å². The van der Waals surface area contributed by atoms with Crippen molar-refractivity contribution in [2.24, 2.45) is 11.8 Å². The second-order valence-electron chi connectivity index (χ2n) is 6.28. The fourth-order valence-electron chi connectivity index (χ4n) is 3.27. The highest BCUT2D eigenvalue weighted by Gasteiger charge is 2.21. The van der Waals surface area contributed by atoms with Gasteiger partial charge in [-0.15, -0.1) is 0 Å². The minimum absolute atomic E-state index is 0.339. The Hall–Kier alpha value is -0.790. The zero-order valence-electron chi connectivity index (χ0n) is 13.2. The van der Waals surface area contributed by atoms with Crippen LogP contribution in [-0.2, 0) is 4.79 Å². The van der Waals surface area contributed by atoms with Crippen LogP contribution in [0.3, 0.4) is 0 Å². The van der Waals surface area contributed by atoms with Crippen molar-refractivity contribution in [1.82, 2.24) is 0 Å². The van der Waals surface area contributed by atoms with Gasteiger partial charge in [-0.3, -0.25) is 4.79 Å². The zero-order chi connectivity index (χ0) is 14.6. The maximum atomic E-state index is 10.4. The van der Waals surface area contributed by atoms with E-state index in [1.807, 2.05) is 0 Å². The topological polar surface area (TPSA) is 37.3 Å². The molecule has 2 heteroatoms. The standard InChI is InChI=1S/C18H32O2/c1-2-3-7-11-16-13-10-14-17(16)12-8-5-4-6-9-15-18(19)20/h10,13,16-17H,2-9,11-12,14-15H2,1H3,(H,19,20). The summed E-state index contributed by atoms with van der Waals surface area (Å²) >= 11 is 0. The Labute approximate surface area is 124 Å². The summed E-state index contributed by atoms with van der Waals surface area (Å²) in [6.45, 7) is 2.27. The third kappa shape index (κ3) is 7.72. The molecule has 0 saturated carbocycles. The zero-order valence-corrected chi connectivity index (χ0v) is 13.2. The third-order valence-corrected chi connectivity index (χ3v) is 4.53. The summed E-state index contributed by atoms with van der Waals surface area (Å²) in [5, 5.41) is 8.57. The van der Waals surface area contributed by atoms with Crippen LogP contribution in [0.2, 0.25) is 0 Å². The molecule has 0 fully saturated rings. The van der Waals surface area contributed by atoms with Gasteiger partial charge in [0.2, 0.25) is 0 Å². The van der Waals surface area contributed by atoms with Crippen molar-refractivity contribution in [2.75, 3.05) is 0 Å². The number of rotatable bonds is 12. The Balaban J connectivity index is 1.99. The van der Waals surface area contributed by atoms with Gasteiger partial charge in [-0.05, 0) is 37.5 Å². The van der Waals surface area contributed by atoms with Gasteiger partial charge >= 0.3 is 5.97 Å². The highest BCUT2D eigenvalue weighted by atomic mass is 16.4. The van der Waals surface area contributed by atoms with Crippen LogP contribution >= 0.6 is 0 Å². The Morgan fingerprint density at radius 2 is 1.75 bits per heavy atom. The Morgan fingerprint density at radius 3 is 2.50 bits per heavy atom. The van der Waals surface area contributed by atoms with Gasteiger partial charge in [-0.25, -0.2) is 0 Å². The molecule has 0 aromatic heterocycles. The molecule has 0 aliphatic heterocycles. The van der Waals surface area contributed by atoms with Gasteiger partial charge in [0.05, 0.1) is 0 Å². The lowest BCUT2D eigenvalue weighted by atomic mass is 9.86. The fourth-order valence-corrected chi connectivity index (χ4v) is 3.27. The highest BCUT2D eigenvalue weighted by molar-refractivity contribution is 5.66. The minimum Gasteiger partial charge on any atom is -0.481 e. The summed E-state index contributed by atoms with van der Waals surface area (Å²) in [4.78, 5) is 10.4. The SMILES string of the molecule is CCCCCC1C=CCC1CCCCCCCC(=O)O. The molecule has 0 spiro atoms. The van der Waals surface area contributed by atoms with Crippen molar-refractivity contribution in [3.63, 3.8) is 0 Å². The van der Waals surface area contributed by atoms with Crippen molar-refractivity contribution in [1.29, 1.82) is 0 Å². The third-order valence-electron chi connectivity index (χ3n) is 4.53. The van der Waals surface area contributed by atoms with Crippen LogP contribution in [0.5, 0.6) is 0 Å². The number of aliphatic carboxylic acids is 1. The van der Waals surface area contributed by atoms with E-state index >= 15 is 0 Å². The van der Waals surface area contributed by atoms with E-state index in [4.69, 9.17) is 5.11 Å². The molecule has 1 N–H and O–H groups in total. The Bertz CT molecular complexity index is 283. The predicted octanol–water partition coefficient (Wildman–Crippen LogP) is 5.57. The maximum Gasteiger partial charge on any atom is 0.303 e. The predicted molar refractivity (Wildman–Crippen MR) is 84.8 cm³/mol. The largest absolute Gasteiger partial charge is 0.481 e. The molecule has 116 valence electrons. The Morgan fingerprint density at radius 1 is 1.05 bits per heavy atom. The van der Waals surface area contributed by atoms with E-state index in [1.165, 1.54) is 57.8 Å². The van der Waals surface area contributed by atoms with Gasteiger partial charge < -0.3 is 5.11 Å². The molecule has 2 nitrogen and oxygen atoms in total. The van der Waals surface area contributed by atoms with Crippen molar-refractivity contribution >= 4 is 5.97 Å². The van der Waals surface area contributed by atoms with E-state index in [-0.39, 0.29) is 0 Å². The maximum absolute atomic E-state index is 10.4. The first-order valence-electron chi connectivity index (χ1n) is 8.62. The van der Waals surface area contributed by atoms with Gasteiger partial charge in [0.15, 0.2) is 0 Å². The molecule has 0 amide bonds. The van der Waals surface area contributed by atoms with Crippen LogP contribution in [0, 0.1) is 11.8 Å². The van der Waals surface area contributed by atoms with Crippen LogP contribution in [0.4, 0.5) is 0 Å². The number of carboxylic acid groups (broad SMARTS) is 1. The average Bonchev–Trinajstić information content (AvgIpc) is 2.85. The normalized spacial score (nSPS) is 21.4. The van der Waals surface area contributed by atoms with Crippen LogP contribution in [-0.4, -0.2) is 11.1 Å². The Kier molecular flexibility index (Phi) is 9.44. The van der Waals surface area contributed by atoms with E-state index in [0.29, 0.717) is 6.42 Å². The lowest BCUT2D eigenvalue weighted by Gasteiger charge is -2.19. The summed E-state index contributed by atoms with van der Waals surface area (Å²) in [6, 6.07) is 0. The molecule has 0 saturated heterocycles. The van der Waals surface area contributed by atoms with E-state index in [0.717, 1.165) is 24.7 Å². The molecule has 20 heavy (non-hydrogen) atoms. The molecular weight excluding hydrogens is 248 g/mol. The number of carboxylic acids is 1. The number of carbonyl (C=O) groups is 1. The first kappa shape index (κ1) is 17.3. The van der Waals surface area contributed by atoms with Gasteiger partial charge in [0.25, 0.3) is 0 Å². The smallest absolute Gasteiger partial charge is 0.303 e. The molecule has 0 aromatic rings. The van der Waals surface area contributed by atoms with Gasteiger partial charge in [0, 0.05) is 6.42 Å². The van der Waals surface area contributed by atoms with Crippen molar-refractivity contribution in [3.8, 4) is 0 Å². The molecule has 0 bridgehead atoms. The molecule has 1 aliphatic rings. The first-order valence-corrected chi connectivity index (χ1v) is 8.62. The lowest BCUT2D eigenvalue weighted by Crippen LogP contribution is -2.08. The molecular formula is C18H32O2. The van der Waals surface area contributed by atoms with Crippen molar-refractivity contribution in [3.05, 3.63) is 12.2 Å². The molecule has 0 aromatic carbocycles. The molecule has 1 aliphatic carbocycles. The van der Waals surface area contributed by atoms with Crippen LogP contribution in [0.15, 0.2) is 12.2 Å². The summed E-state index contributed by atoms with van der Waals surface area (Å²) in [5.74, 6) is 1.08. The van der Waals surface area contributed by atoms with E-state index in [9.17, 15) is 4.79 Å². The number of allylic oxidation sites excluding steroid dienone is 2. The summed E-state index contributed by atoms with van der Waals surface area (Å²) in [6.07, 6.45) is 19.0. The van der Waals surface area contributed by atoms with Crippen LogP contribution < -0.4 is 0 Å². The summed E-state index contributed by atoms with van der Waals surface area (Å²) in [7, 11) is 0. The van der Waals surface area contributed by atoms with Gasteiger partial charge in [-0.1, -0.05) is 64.0 Å². The summed E-state index contributed by atoms with van der Waals surface area (Å²) in [5.41, 5.74) is 0. The molecule has 0 heterocycles. The second-order valence-corrected chi connectivity index (χ2v) is 6.28. The number of unbranched alkanes of at least 4 members (excludes halogenated alkanes) is 6. The lowest BCUT2D eigenvalue weighted by molar-refractivity contribution is -0.137. The van der Waals surface area contributed by atoms with Crippen molar-refractivity contribution in [2.45, 2.75) is 84.0 Å². The molecule has 2 atom stereocenters. The average molecular weight is 280 g/mol. The first-order chi connectivity index (χ1) is 9.74. The molecule has 1 rings (SSSR count). The second kappa shape index (κ2) is 10.9. The molecule has 2 unspecified atom stereocenters. The monoisotopic (exact) mass is 280 g/mol. The molecule has 0 radical (unpaired) electrons. The van der Waals surface area contributed by atoms with E-state index < -0.39 is 5.97 Å². The quantitative estimate of drug-likeness (QED) is 0.374. The number of hydrogen-bond acceptors (Lipinski definition) is 1. The highest BCUT2D eigenvalue weighted by Crippen LogP contribution is 2.33. The van der Waals surface area contributed by atoms with Crippen LogP contribution in [0.25, 0.3) is 0 Å². The fraction of sp³-hybridized carbons (Fsp3) is 0.833. The van der Waals surface area contributed by atoms with Gasteiger partial charge in [-0.2, -0.15) is 0 Å². The van der Waals surface area contributed by atoms with Crippen molar-refractivity contribution < 1.29 is 9.90 Å². The van der Waals surface area contributed by atoms with Gasteiger partial charge in [0.1, 0.15) is 0 Å². The minimum atomic E-state index is -0.656. The number of hydrogen-bond donors (Lipinski definition) is 1. The van der Waals surface area contributed by atoms with E-state index in [2.05, 4.69) is 19.1 Å². The summed E-state index contributed by atoms with van der Waals surface area (Å²) < 4.78 is 0.